The highest BCUT2D eigenvalue weighted by Gasteiger charge is 2.34. The lowest BCUT2D eigenvalue weighted by atomic mass is 9.86. The summed E-state index contributed by atoms with van der Waals surface area (Å²) in [6.07, 6.45) is 3.51. The van der Waals surface area contributed by atoms with E-state index >= 15 is 0 Å². The van der Waals surface area contributed by atoms with Gasteiger partial charge in [0.25, 0.3) is 0 Å². The number of aromatic nitrogens is 1. The van der Waals surface area contributed by atoms with Crippen LogP contribution in [0.3, 0.4) is 0 Å². The van der Waals surface area contributed by atoms with E-state index < -0.39 is 0 Å². The van der Waals surface area contributed by atoms with Crippen LogP contribution in [0, 0.1) is 0 Å². The summed E-state index contributed by atoms with van der Waals surface area (Å²) in [6.45, 7) is 5.81. The van der Waals surface area contributed by atoms with Crippen LogP contribution in [0.25, 0.3) is 22.2 Å². The van der Waals surface area contributed by atoms with Crippen molar-refractivity contribution in [2.75, 3.05) is 23.4 Å². The smallest absolute Gasteiger partial charge is 0.196 e. The molecule has 172 valence electrons. The first-order chi connectivity index (χ1) is 16.7. The Kier molecular flexibility index (Phi) is 5.01. The maximum atomic E-state index is 13.8. The molecule has 6 rings (SSSR count). The van der Waals surface area contributed by atoms with Crippen molar-refractivity contribution in [2.45, 2.75) is 39.2 Å². The van der Waals surface area contributed by atoms with Crippen molar-refractivity contribution in [1.29, 1.82) is 0 Å². The number of anilines is 3. The van der Waals surface area contributed by atoms with Gasteiger partial charge in [-0.05, 0) is 63.4 Å². The van der Waals surface area contributed by atoms with E-state index in [4.69, 9.17) is 9.26 Å². The fourth-order valence-corrected chi connectivity index (χ4v) is 5.27. The predicted molar refractivity (Wildman–Crippen MR) is 134 cm³/mol. The molecule has 1 aliphatic heterocycles. The van der Waals surface area contributed by atoms with E-state index in [1.54, 1.807) is 0 Å². The first-order valence-electron chi connectivity index (χ1n) is 12.0. The van der Waals surface area contributed by atoms with E-state index in [1.165, 1.54) is 6.42 Å². The molecular weight excluding hydrogens is 426 g/mol. The van der Waals surface area contributed by atoms with Gasteiger partial charge >= 0.3 is 0 Å². The summed E-state index contributed by atoms with van der Waals surface area (Å²) >= 11 is 0. The molecule has 1 fully saturated rings. The van der Waals surface area contributed by atoms with Gasteiger partial charge in [-0.3, -0.25) is 4.79 Å². The maximum Gasteiger partial charge on any atom is 0.196 e. The first-order valence-corrected chi connectivity index (χ1v) is 12.0. The molecule has 0 bridgehead atoms. The Morgan fingerprint density at radius 3 is 2.68 bits per heavy atom. The average molecular weight is 454 g/mol. The fraction of sp³-hybridized carbons (Fsp3) is 0.286. The quantitative estimate of drug-likeness (QED) is 0.325. The van der Waals surface area contributed by atoms with E-state index in [0.717, 1.165) is 58.7 Å². The van der Waals surface area contributed by atoms with E-state index in [1.807, 2.05) is 55.5 Å². The second-order valence-corrected chi connectivity index (χ2v) is 9.05. The van der Waals surface area contributed by atoms with E-state index in [2.05, 4.69) is 28.4 Å². The zero-order chi connectivity index (χ0) is 23.2. The highest BCUT2D eigenvalue weighted by atomic mass is 16.5. The highest BCUT2D eigenvalue weighted by molar-refractivity contribution is 6.28. The Hall–Kier alpha value is -3.80. The summed E-state index contributed by atoms with van der Waals surface area (Å²) in [5, 5.41) is 8.82. The van der Waals surface area contributed by atoms with Crippen LogP contribution < -0.4 is 15.0 Å². The van der Waals surface area contributed by atoms with Gasteiger partial charge in [-0.25, -0.2) is 0 Å². The maximum absolute atomic E-state index is 13.8. The molecule has 6 nitrogen and oxygen atoms in total. The van der Waals surface area contributed by atoms with Crippen molar-refractivity contribution in [3.05, 3.63) is 65.7 Å². The van der Waals surface area contributed by atoms with E-state index in [0.29, 0.717) is 29.5 Å². The number of nitrogens with zero attached hydrogens (tertiary/aromatic N) is 2. The molecule has 2 heterocycles. The molecule has 3 aromatic carbocycles. The van der Waals surface area contributed by atoms with Gasteiger partial charge in [-0.15, -0.1) is 0 Å². The average Bonchev–Trinajstić information content (AvgIpc) is 3.30. The van der Waals surface area contributed by atoms with E-state index in [9.17, 15) is 4.79 Å². The number of hydrogen-bond acceptors (Lipinski definition) is 6. The molecule has 0 amide bonds. The third-order valence-corrected chi connectivity index (χ3v) is 6.94. The van der Waals surface area contributed by atoms with Crippen molar-refractivity contribution < 1.29 is 14.1 Å². The summed E-state index contributed by atoms with van der Waals surface area (Å²) in [6, 6.07) is 17.9. The first kappa shape index (κ1) is 20.8. The molecule has 0 unspecified atom stereocenters. The van der Waals surface area contributed by atoms with Gasteiger partial charge in [0.15, 0.2) is 11.5 Å². The number of nitrogens with one attached hydrogen (secondary N) is 1. The molecule has 1 N–H and O–H groups in total. The zero-order valence-electron chi connectivity index (χ0n) is 19.4. The lowest BCUT2D eigenvalue weighted by molar-refractivity contribution is 0.104. The number of ketones is 1. The summed E-state index contributed by atoms with van der Waals surface area (Å²) < 4.78 is 11.5. The molecule has 1 aromatic heterocycles. The number of ether oxygens (including phenoxy) is 1. The van der Waals surface area contributed by atoms with Gasteiger partial charge in [0.2, 0.25) is 0 Å². The number of rotatable bonds is 5. The normalized spacial score (nSPS) is 17.1. The molecule has 4 aromatic rings. The van der Waals surface area contributed by atoms with Gasteiger partial charge < -0.3 is 19.5 Å². The zero-order valence-corrected chi connectivity index (χ0v) is 19.4. The molecule has 0 spiro atoms. The largest absolute Gasteiger partial charge is 0.494 e. The van der Waals surface area contributed by atoms with Crippen LogP contribution in [0.15, 0.2) is 59.1 Å². The number of piperidine rings is 1. The summed E-state index contributed by atoms with van der Waals surface area (Å²) in [4.78, 5) is 16.2. The Morgan fingerprint density at radius 2 is 1.91 bits per heavy atom. The Labute approximate surface area is 198 Å². The number of carbonyl (C=O) groups is 1. The Bertz CT molecular complexity index is 1390. The van der Waals surface area contributed by atoms with Crippen LogP contribution >= 0.6 is 0 Å². The van der Waals surface area contributed by atoms with Crippen LogP contribution in [0.4, 0.5) is 17.1 Å². The van der Waals surface area contributed by atoms with Gasteiger partial charge in [0.05, 0.1) is 28.9 Å². The summed E-state index contributed by atoms with van der Waals surface area (Å²) in [7, 11) is 0. The van der Waals surface area contributed by atoms with Gasteiger partial charge in [-0.2, -0.15) is 0 Å². The van der Waals surface area contributed by atoms with Crippen molar-refractivity contribution in [1.82, 2.24) is 5.16 Å². The van der Waals surface area contributed by atoms with Crippen molar-refractivity contribution >= 4 is 33.7 Å². The molecule has 1 atom stereocenters. The van der Waals surface area contributed by atoms with Crippen LogP contribution in [0.2, 0.25) is 0 Å². The third kappa shape index (κ3) is 3.24. The molecule has 6 heteroatoms. The molecule has 34 heavy (non-hydrogen) atoms. The summed E-state index contributed by atoms with van der Waals surface area (Å²) in [5.74, 6) is 1.48. The predicted octanol–water partition coefficient (Wildman–Crippen LogP) is 6.56. The molecular formula is C28H27N3O3. The van der Waals surface area contributed by atoms with Crippen LogP contribution in [0.1, 0.15) is 49.0 Å². The Morgan fingerprint density at radius 1 is 1.12 bits per heavy atom. The second-order valence-electron chi connectivity index (χ2n) is 9.05. The van der Waals surface area contributed by atoms with Gasteiger partial charge in [0.1, 0.15) is 11.3 Å². The lowest BCUT2D eigenvalue weighted by Gasteiger charge is -2.36. The lowest BCUT2D eigenvalue weighted by Crippen LogP contribution is -2.37. The number of hydrogen-bond donors (Lipinski definition) is 1. The number of carbonyl (C=O) groups excluding carboxylic acids is 1. The Balaban J connectivity index is 1.55. The van der Waals surface area contributed by atoms with Crippen LogP contribution in [-0.4, -0.2) is 30.1 Å². The molecule has 1 aliphatic carbocycles. The van der Waals surface area contributed by atoms with Crippen molar-refractivity contribution in [2.24, 2.45) is 0 Å². The van der Waals surface area contributed by atoms with Gasteiger partial charge in [-0.1, -0.05) is 29.4 Å². The minimum Gasteiger partial charge on any atom is -0.494 e. The minimum atomic E-state index is -0.0111. The molecule has 1 saturated heterocycles. The van der Waals surface area contributed by atoms with Gasteiger partial charge in [0, 0.05) is 29.4 Å². The molecule has 0 saturated carbocycles. The van der Waals surface area contributed by atoms with Crippen molar-refractivity contribution in [3.63, 3.8) is 0 Å². The second kappa shape index (κ2) is 8.20. The monoisotopic (exact) mass is 453 g/mol. The van der Waals surface area contributed by atoms with Crippen LogP contribution in [-0.2, 0) is 0 Å². The number of benzene rings is 3. The highest BCUT2D eigenvalue weighted by Crippen LogP contribution is 2.47. The standard InChI is InChI=1S/C28H27N3O3/c1-3-33-19-13-11-18(12-14-19)29-22-16-23(31-15-7-6-8-17(31)2)26-25-24(22)27(32)20-9-4-5-10-21(20)28(25)34-30-26/h4-5,9-14,16-17,29H,3,6-8,15H2,1-2H3/t17-/m1/s1. The minimum absolute atomic E-state index is 0.0111. The summed E-state index contributed by atoms with van der Waals surface area (Å²) in [5.41, 5.74) is 5.50. The molecule has 0 radical (unpaired) electrons. The fourth-order valence-electron chi connectivity index (χ4n) is 5.27. The van der Waals surface area contributed by atoms with E-state index in [-0.39, 0.29) is 5.78 Å². The topological polar surface area (TPSA) is 67.6 Å². The number of fused-ring (bicyclic) bond motifs is 2. The SMILES string of the molecule is CCOc1ccc(Nc2cc(N3CCCC[C@H]3C)c3noc4c3c2C(=O)c2ccccc2-4)cc1. The molecule has 2 aliphatic rings. The third-order valence-electron chi connectivity index (χ3n) is 6.94. The van der Waals surface area contributed by atoms with Crippen LogP contribution in [0.5, 0.6) is 5.75 Å². The van der Waals surface area contributed by atoms with Crippen molar-refractivity contribution in [3.8, 4) is 17.1 Å².